The van der Waals surface area contributed by atoms with Crippen molar-refractivity contribution in [3.63, 3.8) is 0 Å². The Bertz CT molecular complexity index is 744. The normalized spacial score (nSPS) is 10.1. The Morgan fingerprint density at radius 2 is 1.92 bits per heavy atom. The number of carbonyl (C=O) groups excluding carboxylic acids is 2. The highest BCUT2D eigenvalue weighted by molar-refractivity contribution is 6.01. The number of carbonyl (C=O) groups is 2. The largest absolute Gasteiger partial charge is 0.507 e. The number of para-hydroxylation sites is 1. The average molecular weight is 328 g/mol. The lowest BCUT2D eigenvalue weighted by Crippen LogP contribution is -2.33. The second-order valence-electron chi connectivity index (χ2n) is 5.12. The molecule has 0 aliphatic carbocycles. The second-order valence-corrected chi connectivity index (χ2v) is 5.12. The number of benzene rings is 2. The van der Waals surface area contributed by atoms with E-state index in [1.165, 1.54) is 19.2 Å². The molecule has 0 saturated heterocycles. The van der Waals surface area contributed by atoms with Crippen LogP contribution >= 0.6 is 0 Å². The fourth-order valence-corrected chi connectivity index (χ4v) is 2.23. The number of rotatable bonds is 6. The summed E-state index contributed by atoms with van der Waals surface area (Å²) in [5.41, 5.74) is 1.83. The first-order valence-electron chi connectivity index (χ1n) is 7.58. The van der Waals surface area contributed by atoms with E-state index in [9.17, 15) is 14.7 Å². The number of ether oxygens (including phenoxy) is 1. The predicted molar refractivity (Wildman–Crippen MR) is 91.4 cm³/mol. The van der Waals surface area contributed by atoms with Gasteiger partial charge in [-0.1, -0.05) is 25.1 Å². The fourth-order valence-electron chi connectivity index (χ4n) is 2.23. The third-order valence-electron chi connectivity index (χ3n) is 3.53. The zero-order valence-corrected chi connectivity index (χ0v) is 13.6. The zero-order chi connectivity index (χ0) is 17.5. The number of amides is 2. The lowest BCUT2D eigenvalue weighted by Gasteiger charge is -2.11. The maximum absolute atomic E-state index is 12.1. The summed E-state index contributed by atoms with van der Waals surface area (Å²) < 4.78 is 4.96. The first kappa shape index (κ1) is 17.3. The topological polar surface area (TPSA) is 87.7 Å². The van der Waals surface area contributed by atoms with E-state index < -0.39 is 5.91 Å². The quantitative estimate of drug-likeness (QED) is 0.759. The summed E-state index contributed by atoms with van der Waals surface area (Å²) in [5.74, 6) is -0.632. The molecular formula is C18H20N2O4. The van der Waals surface area contributed by atoms with Crippen molar-refractivity contribution in [2.45, 2.75) is 13.3 Å². The number of aryl methyl sites for hydroxylation is 1. The minimum Gasteiger partial charge on any atom is -0.507 e. The number of phenolic OH excluding ortho intramolecular Hbond substituents is 1. The summed E-state index contributed by atoms with van der Waals surface area (Å²) in [4.78, 5) is 24.0. The highest BCUT2D eigenvalue weighted by Gasteiger charge is 2.13. The summed E-state index contributed by atoms with van der Waals surface area (Å²) in [6.45, 7) is 1.81. The number of aromatic hydroxyl groups is 1. The molecule has 0 radical (unpaired) electrons. The lowest BCUT2D eigenvalue weighted by molar-refractivity contribution is -0.115. The van der Waals surface area contributed by atoms with Gasteiger partial charge in [-0.25, -0.2) is 0 Å². The second kappa shape index (κ2) is 8.01. The molecule has 0 saturated carbocycles. The van der Waals surface area contributed by atoms with Crippen molar-refractivity contribution < 1.29 is 19.4 Å². The van der Waals surface area contributed by atoms with Gasteiger partial charge in [0, 0.05) is 11.8 Å². The molecular weight excluding hydrogens is 308 g/mol. The third kappa shape index (κ3) is 4.25. The molecule has 0 atom stereocenters. The molecule has 0 fully saturated rings. The summed E-state index contributed by atoms with van der Waals surface area (Å²) in [6, 6.07) is 11.8. The Balaban J connectivity index is 1.95. The summed E-state index contributed by atoms with van der Waals surface area (Å²) in [5, 5.41) is 15.1. The Labute approximate surface area is 140 Å². The van der Waals surface area contributed by atoms with E-state index in [4.69, 9.17) is 4.74 Å². The number of methoxy groups -OCH3 is 1. The van der Waals surface area contributed by atoms with E-state index >= 15 is 0 Å². The van der Waals surface area contributed by atoms with Crippen LogP contribution < -0.4 is 15.4 Å². The van der Waals surface area contributed by atoms with Crippen LogP contribution in [0.15, 0.2) is 42.5 Å². The van der Waals surface area contributed by atoms with Gasteiger partial charge in [-0.3, -0.25) is 9.59 Å². The summed E-state index contributed by atoms with van der Waals surface area (Å²) >= 11 is 0. The molecule has 24 heavy (non-hydrogen) atoms. The highest BCUT2D eigenvalue weighted by atomic mass is 16.5. The van der Waals surface area contributed by atoms with Gasteiger partial charge in [-0.15, -0.1) is 0 Å². The van der Waals surface area contributed by atoms with Gasteiger partial charge < -0.3 is 20.5 Å². The van der Waals surface area contributed by atoms with Crippen LogP contribution in [0.3, 0.4) is 0 Å². The van der Waals surface area contributed by atoms with E-state index in [0.29, 0.717) is 5.75 Å². The van der Waals surface area contributed by atoms with Crippen LogP contribution in [-0.4, -0.2) is 30.6 Å². The van der Waals surface area contributed by atoms with Gasteiger partial charge in [-0.05, 0) is 30.2 Å². The molecule has 0 unspecified atom stereocenters. The lowest BCUT2D eigenvalue weighted by atomic mass is 10.1. The summed E-state index contributed by atoms with van der Waals surface area (Å²) in [7, 11) is 1.47. The van der Waals surface area contributed by atoms with Crippen molar-refractivity contribution >= 4 is 17.5 Å². The van der Waals surface area contributed by atoms with Crippen LogP contribution in [0.2, 0.25) is 0 Å². The van der Waals surface area contributed by atoms with E-state index in [1.54, 1.807) is 6.07 Å². The smallest absolute Gasteiger partial charge is 0.255 e. The molecule has 0 aliphatic rings. The van der Waals surface area contributed by atoms with Gasteiger partial charge in [0.05, 0.1) is 19.2 Å². The van der Waals surface area contributed by atoms with Crippen LogP contribution in [0.1, 0.15) is 22.8 Å². The SMILES string of the molecule is CCc1ccccc1NC(=O)CNC(=O)c1ccc(OC)cc1O. The van der Waals surface area contributed by atoms with Crippen molar-refractivity contribution in [3.05, 3.63) is 53.6 Å². The van der Waals surface area contributed by atoms with Crippen LogP contribution in [0.4, 0.5) is 5.69 Å². The van der Waals surface area contributed by atoms with E-state index in [2.05, 4.69) is 10.6 Å². The Morgan fingerprint density at radius 3 is 2.58 bits per heavy atom. The number of phenols is 1. The molecule has 0 heterocycles. The van der Waals surface area contributed by atoms with Crippen molar-refractivity contribution in [2.75, 3.05) is 19.0 Å². The first-order valence-corrected chi connectivity index (χ1v) is 7.58. The Kier molecular flexibility index (Phi) is 5.78. The first-order chi connectivity index (χ1) is 11.5. The van der Waals surface area contributed by atoms with Crippen molar-refractivity contribution in [2.24, 2.45) is 0 Å². The average Bonchev–Trinajstić information content (AvgIpc) is 2.60. The van der Waals surface area contributed by atoms with Gasteiger partial charge in [-0.2, -0.15) is 0 Å². The van der Waals surface area contributed by atoms with Gasteiger partial charge in [0.25, 0.3) is 5.91 Å². The van der Waals surface area contributed by atoms with Crippen LogP contribution in [-0.2, 0) is 11.2 Å². The molecule has 2 aromatic carbocycles. The maximum atomic E-state index is 12.1. The van der Waals surface area contributed by atoms with Gasteiger partial charge >= 0.3 is 0 Å². The number of nitrogens with one attached hydrogen (secondary N) is 2. The molecule has 2 rings (SSSR count). The third-order valence-corrected chi connectivity index (χ3v) is 3.53. The maximum Gasteiger partial charge on any atom is 0.255 e. The Hall–Kier alpha value is -3.02. The molecule has 0 aliphatic heterocycles. The van der Waals surface area contributed by atoms with E-state index in [-0.39, 0.29) is 23.8 Å². The van der Waals surface area contributed by atoms with Gasteiger partial charge in [0.2, 0.25) is 5.91 Å². The predicted octanol–water partition coefficient (Wildman–Crippen LogP) is 2.33. The molecule has 2 aromatic rings. The van der Waals surface area contributed by atoms with E-state index in [1.807, 2.05) is 31.2 Å². The Morgan fingerprint density at radius 1 is 1.17 bits per heavy atom. The van der Waals surface area contributed by atoms with Crippen LogP contribution in [0, 0.1) is 0 Å². The minimum atomic E-state index is -0.533. The van der Waals surface area contributed by atoms with Crippen LogP contribution in [0.5, 0.6) is 11.5 Å². The molecule has 2 amide bonds. The molecule has 6 heteroatoms. The molecule has 6 nitrogen and oxygen atoms in total. The minimum absolute atomic E-state index is 0.0811. The fraction of sp³-hybridized carbons (Fsp3) is 0.222. The molecule has 0 spiro atoms. The van der Waals surface area contributed by atoms with Crippen molar-refractivity contribution in [3.8, 4) is 11.5 Å². The molecule has 126 valence electrons. The standard InChI is InChI=1S/C18H20N2O4/c1-3-12-6-4-5-7-15(12)20-17(22)11-19-18(23)14-9-8-13(24-2)10-16(14)21/h4-10,21H,3,11H2,1-2H3,(H,19,23)(H,20,22). The van der Waals surface area contributed by atoms with Crippen LogP contribution in [0.25, 0.3) is 0 Å². The zero-order valence-electron chi connectivity index (χ0n) is 13.6. The highest BCUT2D eigenvalue weighted by Crippen LogP contribution is 2.23. The monoisotopic (exact) mass is 328 g/mol. The number of anilines is 1. The number of hydrogen-bond donors (Lipinski definition) is 3. The van der Waals surface area contributed by atoms with E-state index in [0.717, 1.165) is 17.7 Å². The van der Waals surface area contributed by atoms with Gasteiger partial charge in [0.1, 0.15) is 11.5 Å². The summed E-state index contributed by atoms with van der Waals surface area (Å²) in [6.07, 6.45) is 0.794. The molecule has 0 aromatic heterocycles. The molecule has 3 N–H and O–H groups in total. The van der Waals surface area contributed by atoms with Gasteiger partial charge in [0.15, 0.2) is 0 Å². The molecule has 0 bridgehead atoms. The van der Waals surface area contributed by atoms with Crippen molar-refractivity contribution in [1.29, 1.82) is 0 Å². The number of hydrogen-bond acceptors (Lipinski definition) is 4. The van der Waals surface area contributed by atoms with Crippen molar-refractivity contribution in [1.82, 2.24) is 5.32 Å².